The zero-order valence-electron chi connectivity index (χ0n) is 15.7. The van der Waals surface area contributed by atoms with Crippen molar-refractivity contribution in [1.82, 2.24) is 0 Å². The average Bonchev–Trinajstić information content (AvgIpc) is 3.25. The second-order valence-corrected chi connectivity index (χ2v) is 7.55. The smallest absolute Gasteiger partial charge is 0.448 e. The molecule has 0 saturated carbocycles. The highest BCUT2D eigenvalue weighted by Gasteiger charge is 2.40. The Kier molecular flexibility index (Phi) is 5.76. The van der Waals surface area contributed by atoms with E-state index in [1.54, 1.807) is 18.2 Å². The second-order valence-electron chi connectivity index (χ2n) is 6.70. The molecule has 1 aliphatic rings. The minimum absolute atomic E-state index is 0.0155. The molecule has 1 saturated heterocycles. The third kappa shape index (κ3) is 4.45. The van der Waals surface area contributed by atoms with Crippen molar-refractivity contribution in [2.45, 2.75) is 25.1 Å². The molecule has 0 spiro atoms. The molecule has 162 valence electrons. The number of benzene rings is 2. The summed E-state index contributed by atoms with van der Waals surface area (Å²) in [6, 6.07) is 9.71. The number of hydrogen-bond donors (Lipinski definition) is 0. The van der Waals surface area contributed by atoms with Crippen LogP contribution in [-0.4, -0.2) is 18.7 Å². The first-order chi connectivity index (χ1) is 14.7. The van der Waals surface area contributed by atoms with Crippen LogP contribution in [0.3, 0.4) is 0 Å². The average molecular weight is 499 g/mol. The minimum atomic E-state index is -5.01. The van der Waals surface area contributed by atoms with Gasteiger partial charge in [0.05, 0.1) is 9.86 Å². The molecule has 0 radical (unpaired) electrons. The van der Waals surface area contributed by atoms with Gasteiger partial charge >= 0.3 is 12.1 Å². The molecule has 2 aromatic carbocycles. The van der Waals surface area contributed by atoms with Crippen LogP contribution in [0.2, 0.25) is 0 Å². The van der Waals surface area contributed by atoms with Gasteiger partial charge in [0, 0.05) is 12.7 Å². The summed E-state index contributed by atoms with van der Waals surface area (Å²) in [5, 5.41) is -0.160. The van der Waals surface area contributed by atoms with Gasteiger partial charge in [-0.05, 0) is 53.0 Å². The summed E-state index contributed by atoms with van der Waals surface area (Å²) in [7, 11) is 0. The lowest BCUT2D eigenvalue weighted by Crippen LogP contribution is -2.24. The largest absolute Gasteiger partial charge is 0.453 e. The fourth-order valence-corrected chi connectivity index (χ4v) is 3.45. The van der Waals surface area contributed by atoms with Crippen LogP contribution < -0.4 is 14.9 Å². The maximum Gasteiger partial charge on any atom is 0.453 e. The van der Waals surface area contributed by atoms with E-state index in [1.165, 1.54) is 18.2 Å². The number of carbonyl (C=O) groups is 1. The lowest BCUT2D eigenvalue weighted by Gasteiger charge is -2.14. The molecule has 0 bridgehead atoms. The number of para-hydroxylation sites is 1. The molecular weight excluding hydrogens is 485 g/mol. The van der Waals surface area contributed by atoms with Crippen LogP contribution in [0.15, 0.2) is 56.1 Å². The summed E-state index contributed by atoms with van der Waals surface area (Å²) >= 11 is 3.17. The van der Waals surface area contributed by atoms with Gasteiger partial charge in [-0.25, -0.2) is 4.79 Å². The number of alkyl halides is 3. The first kappa shape index (κ1) is 21.4. The van der Waals surface area contributed by atoms with E-state index in [0.29, 0.717) is 23.9 Å². The van der Waals surface area contributed by atoms with Crippen LogP contribution >= 0.6 is 15.9 Å². The quantitative estimate of drug-likeness (QED) is 0.351. The molecule has 2 heterocycles. The van der Waals surface area contributed by atoms with E-state index in [-0.39, 0.29) is 16.9 Å². The predicted molar refractivity (Wildman–Crippen MR) is 106 cm³/mol. The molecule has 6 nitrogen and oxygen atoms in total. The number of carbonyl (C=O) groups excluding carboxylic acids is 1. The first-order valence-corrected chi connectivity index (χ1v) is 9.97. The number of ether oxygens (including phenoxy) is 3. The summed E-state index contributed by atoms with van der Waals surface area (Å²) in [5.74, 6) is -3.30. The van der Waals surface area contributed by atoms with Crippen LogP contribution in [0.4, 0.5) is 13.2 Å². The van der Waals surface area contributed by atoms with Crippen molar-refractivity contribution in [2.24, 2.45) is 0 Å². The van der Waals surface area contributed by atoms with Crippen molar-refractivity contribution in [3.8, 4) is 17.2 Å². The highest BCUT2D eigenvalue weighted by molar-refractivity contribution is 9.10. The Hall–Kier alpha value is -2.85. The van der Waals surface area contributed by atoms with Gasteiger partial charge in [-0.1, -0.05) is 12.1 Å². The van der Waals surface area contributed by atoms with E-state index in [0.717, 1.165) is 6.07 Å². The third-order valence-corrected chi connectivity index (χ3v) is 5.19. The topological polar surface area (TPSA) is 75.0 Å². The van der Waals surface area contributed by atoms with Crippen LogP contribution in [0.1, 0.15) is 18.6 Å². The fraction of sp³-hybridized carbons (Fsp3) is 0.238. The van der Waals surface area contributed by atoms with Crippen molar-refractivity contribution in [3.63, 3.8) is 0 Å². The number of esters is 1. The van der Waals surface area contributed by atoms with Crippen molar-refractivity contribution >= 4 is 32.9 Å². The van der Waals surface area contributed by atoms with Gasteiger partial charge in [0.15, 0.2) is 6.10 Å². The monoisotopic (exact) mass is 498 g/mol. The van der Waals surface area contributed by atoms with Gasteiger partial charge in [0.25, 0.3) is 5.76 Å². The van der Waals surface area contributed by atoms with Crippen molar-refractivity contribution in [1.29, 1.82) is 0 Å². The van der Waals surface area contributed by atoms with E-state index < -0.39 is 40.8 Å². The molecule has 3 aromatic rings. The standard InChI is InChI=1S/C21H14BrF3O6/c22-13-4-1-2-5-14(13)30-18-17(26)12-8-7-11(29-20(27)15-6-3-9-28-15)10-16(12)31-19(18)21(23,24)25/h1-2,4-5,7-8,10,15H,3,6,9H2. The highest BCUT2D eigenvalue weighted by atomic mass is 79.9. The maximum atomic E-state index is 13.6. The highest BCUT2D eigenvalue weighted by Crippen LogP contribution is 2.39. The first-order valence-electron chi connectivity index (χ1n) is 9.18. The summed E-state index contributed by atoms with van der Waals surface area (Å²) in [5.41, 5.74) is -1.41. The molecule has 0 amide bonds. The lowest BCUT2D eigenvalue weighted by atomic mass is 10.2. The van der Waals surface area contributed by atoms with Gasteiger partial charge in [0.2, 0.25) is 11.2 Å². The van der Waals surface area contributed by atoms with Gasteiger partial charge in [0.1, 0.15) is 17.1 Å². The fourth-order valence-electron chi connectivity index (χ4n) is 3.08. The summed E-state index contributed by atoms with van der Waals surface area (Å²) < 4.78 is 62.0. The molecule has 1 aromatic heterocycles. The van der Waals surface area contributed by atoms with E-state index in [2.05, 4.69) is 15.9 Å². The predicted octanol–water partition coefficient (Wildman–Crippen LogP) is 5.45. The SMILES string of the molecule is O=C(Oc1ccc2c(=O)c(Oc3ccccc3Br)c(C(F)(F)F)oc2c1)C1CCCO1. The van der Waals surface area contributed by atoms with Crippen molar-refractivity contribution in [2.75, 3.05) is 6.61 Å². The third-order valence-electron chi connectivity index (χ3n) is 4.54. The second kappa shape index (κ2) is 8.35. The normalized spacial score (nSPS) is 16.5. The van der Waals surface area contributed by atoms with Crippen molar-refractivity contribution < 1.29 is 36.6 Å². The van der Waals surface area contributed by atoms with Gasteiger partial charge in [-0.15, -0.1) is 0 Å². The summed E-state index contributed by atoms with van der Waals surface area (Å²) in [4.78, 5) is 24.9. The zero-order chi connectivity index (χ0) is 22.2. The maximum absolute atomic E-state index is 13.6. The Bertz CT molecular complexity index is 1200. The molecule has 1 aliphatic heterocycles. The molecule has 0 N–H and O–H groups in total. The number of fused-ring (bicyclic) bond motifs is 1. The Morgan fingerprint density at radius 3 is 2.61 bits per heavy atom. The van der Waals surface area contributed by atoms with Crippen LogP contribution in [0.5, 0.6) is 17.2 Å². The number of hydrogen-bond acceptors (Lipinski definition) is 6. The van der Waals surface area contributed by atoms with E-state index in [4.69, 9.17) is 18.6 Å². The van der Waals surface area contributed by atoms with E-state index >= 15 is 0 Å². The lowest BCUT2D eigenvalue weighted by molar-refractivity contribution is -0.154. The minimum Gasteiger partial charge on any atom is -0.448 e. The molecule has 1 unspecified atom stereocenters. The summed E-state index contributed by atoms with van der Waals surface area (Å²) in [6.07, 6.45) is -4.53. The van der Waals surface area contributed by atoms with Crippen LogP contribution in [0.25, 0.3) is 11.0 Å². The van der Waals surface area contributed by atoms with Crippen LogP contribution in [-0.2, 0) is 15.7 Å². The Balaban J connectivity index is 1.76. The molecule has 10 heteroatoms. The Morgan fingerprint density at radius 2 is 1.94 bits per heavy atom. The molecule has 4 rings (SSSR count). The van der Waals surface area contributed by atoms with E-state index in [9.17, 15) is 22.8 Å². The molecule has 1 fully saturated rings. The molecular formula is C21H14BrF3O6. The van der Waals surface area contributed by atoms with Gasteiger partial charge in [-0.3, -0.25) is 4.79 Å². The van der Waals surface area contributed by atoms with E-state index in [1.807, 2.05) is 0 Å². The van der Waals surface area contributed by atoms with Gasteiger partial charge < -0.3 is 18.6 Å². The van der Waals surface area contributed by atoms with Crippen molar-refractivity contribution in [3.05, 3.63) is 62.9 Å². The number of rotatable bonds is 4. The molecule has 0 aliphatic carbocycles. The molecule has 31 heavy (non-hydrogen) atoms. The van der Waals surface area contributed by atoms with Crippen LogP contribution in [0, 0.1) is 0 Å². The molecule has 1 atom stereocenters. The Labute approximate surface area is 181 Å². The zero-order valence-corrected chi connectivity index (χ0v) is 17.3. The Morgan fingerprint density at radius 1 is 1.16 bits per heavy atom. The van der Waals surface area contributed by atoms with Gasteiger partial charge in [-0.2, -0.15) is 13.2 Å². The summed E-state index contributed by atoms with van der Waals surface area (Å²) in [6.45, 7) is 0.432. The number of halogens is 4.